The van der Waals surface area contributed by atoms with Crippen molar-refractivity contribution in [1.29, 1.82) is 0 Å². The summed E-state index contributed by atoms with van der Waals surface area (Å²) >= 11 is -0.392. The van der Waals surface area contributed by atoms with Gasteiger partial charge in [-0.05, 0) is 0 Å². The first-order valence-electron chi connectivity index (χ1n) is 1.82. The molecule has 0 bridgehead atoms. The van der Waals surface area contributed by atoms with Crippen LogP contribution in [0.3, 0.4) is 0 Å². The van der Waals surface area contributed by atoms with Gasteiger partial charge in [-0.25, -0.2) is 0 Å². The molecule has 0 saturated carbocycles. The van der Waals surface area contributed by atoms with Crippen molar-refractivity contribution in [3.05, 3.63) is 19.4 Å². The summed E-state index contributed by atoms with van der Waals surface area (Å²) in [4.78, 5) is 0. The average molecular weight is 261 g/mol. The van der Waals surface area contributed by atoms with Gasteiger partial charge in [0.05, 0.1) is 0 Å². The fourth-order valence-electron chi connectivity index (χ4n) is 0.393. The second-order valence-corrected chi connectivity index (χ2v) is 6.59. The Morgan fingerprint density at radius 2 is 1.60 bits per heavy atom. The summed E-state index contributed by atoms with van der Waals surface area (Å²) in [5.74, 6) is 0. The average Bonchev–Trinajstić information content (AvgIpc) is 1.76. The monoisotopic (exact) mass is 262 g/mol. The molecule has 0 aromatic carbocycles. The summed E-state index contributed by atoms with van der Waals surface area (Å²) < 4.78 is 4.69. The Morgan fingerprint density at radius 1 is 1.00 bits per heavy atom. The number of allylic oxidation sites excluding steroid dienone is 2. The van der Waals surface area contributed by atoms with Gasteiger partial charge in [-0.1, -0.05) is 0 Å². The maximum absolute atomic E-state index is 2.35. The summed E-state index contributed by atoms with van der Waals surface area (Å²) in [7, 11) is 0. The van der Waals surface area contributed by atoms with Crippen LogP contribution in [0.1, 0.15) is 0 Å². The van der Waals surface area contributed by atoms with E-state index in [-0.39, 0.29) is 0 Å². The standard InChI is InChI=1S/C4H4.Pb.2H/c1-3-4-2;;;/h1-4H;;;. The van der Waals surface area contributed by atoms with E-state index in [9.17, 15) is 0 Å². The van der Waals surface area contributed by atoms with Crippen molar-refractivity contribution in [1.82, 2.24) is 0 Å². The van der Waals surface area contributed by atoms with Gasteiger partial charge in [-0.15, -0.1) is 0 Å². The fraction of sp³-hybridized carbons (Fsp3) is 0. The normalized spacial score (nSPS) is 17.6. The third-order valence-corrected chi connectivity index (χ3v) is 4.89. The van der Waals surface area contributed by atoms with Crippen molar-refractivity contribution >= 4 is 24.2 Å². The Kier molecular flexibility index (Phi) is 1.25. The molecule has 0 aromatic heterocycles. The molecule has 1 aliphatic heterocycles. The molecular weight excluding hydrogens is 255 g/mol. The molecular formula is C4H6Pb. The fourth-order valence-corrected chi connectivity index (χ4v) is 3.45. The first-order chi connectivity index (χ1) is 2.50. The van der Waals surface area contributed by atoms with Crippen LogP contribution in [0, 0.1) is 0 Å². The van der Waals surface area contributed by atoms with Crippen molar-refractivity contribution in [2.45, 2.75) is 0 Å². The van der Waals surface area contributed by atoms with Gasteiger partial charge in [0.25, 0.3) is 0 Å². The molecule has 0 N–H and O–H groups in total. The second kappa shape index (κ2) is 1.75. The topological polar surface area (TPSA) is 0 Å². The summed E-state index contributed by atoms with van der Waals surface area (Å²) in [5.41, 5.74) is 0. The van der Waals surface area contributed by atoms with Crippen LogP contribution in [0.4, 0.5) is 0 Å². The van der Waals surface area contributed by atoms with E-state index in [0.29, 0.717) is 0 Å². The number of hydrogen-bond donors (Lipinski definition) is 0. The van der Waals surface area contributed by atoms with Gasteiger partial charge in [0.2, 0.25) is 0 Å². The first-order valence-corrected chi connectivity index (χ1v) is 8.16. The Balaban J connectivity index is 2.61. The van der Waals surface area contributed by atoms with Crippen LogP contribution in [-0.4, -0.2) is 24.2 Å². The van der Waals surface area contributed by atoms with E-state index < -0.39 is 24.2 Å². The van der Waals surface area contributed by atoms with Crippen molar-refractivity contribution in [3.63, 3.8) is 0 Å². The van der Waals surface area contributed by atoms with Crippen LogP contribution < -0.4 is 0 Å². The molecule has 1 aliphatic rings. The van der Waals surface area contributed by atoms with Crippen LogP contribution in [0.2, 0.25) is 0 Å². The summed E-state index contributed by atoms with van der Waals surface area (Å²) in [5, 5.41) is 0. The molecule has 1 heteroatoms. The number of rotatable bonds is 0. The summed E-state index contributed by atoms with van der Waals surface area (Å²) in [6.45, 7) is 0. The van der Waals surface area contributed by atoms with Gasteiger partial charge >= 0.3 is 43.7 Å². The van der Waals surface area contributed by atoms with Crippen LogP contribution in [0.15, 0.2) is 19.4 Å². The van der Waals surface area contributed by atoms with E-state index >= 15 is 0 Å². The van der Waals surface area contributed by atoms with Crippen LogP contribution >= 0.6 is 0 Å². The molecule has 0 spiro atoms. The molecule has 0 unspecified atom stereocenters. The van der Waals surface area contributed by atoms with E-state index in [0.717, 1.165) is 0 Å². The zero-order valence-electron chi connectivity index (χ0n) is 3.02. The van der Waals surface area contributed by atoms with E-state index in [1.807, 2.05) is 0 Å². The van der Waals surface area contributed by atoms with Gasteiger partial charge in [-0.2, -0.15) is 0 Å². The number of hydrogen-bond acceptors (Lipinski definition) is 0. The van der Waals surface area contributed by atoms with Gasteiger partial charge in [0.1, 0.15) is 0 Å². The molecule has 0 aliphatic carbocycles. The van der Waals surface area contributed by atoms with Crippen LogP contribution in [-0.2, 0) is 0 Å². The molecule has 0 aromatic rings. The maximum atomic E-state index is 2.35. The van der Waals surface area contributed by atoms with E-state index in [4.69, 9.17) is 0 Å². The van der Waals surface area contributed by atoms with Gasteiger partial charge in [-0.3, -0.25) is 0 Å². The minimum absolute atomic E-state index is 0.392. The molecule has 26 valence electrons. The molecule has 1 rings (SSSR count). The first kappa shape index (κ1) is 3.59. The predicted octanol–water partition coefficient (Wildman–Crippen LogP) is 0.196. The Morgan fingerprint density at radius 3 is 1.80 bits per heavy atom. The molecule has 0 amide bonds. The zero-order valence-corrected chi connectivity index (χ0v) is 8.51. The van der Waals surface area contributed by atoms with Gasteiger partial charge in [0.15, 0.2) is 0 Å². The summed E-state index contributed by atoms with van der Waals surface area (Å²) in [6.07, 6.45) is 4.31. The molecule has 5 heavy (non-hydrogen) atoms. The Hall–Kier alpha value is 0.402. The third-order valence-electron chi connectivity index (χ3n) is 0.655. The molecule has 0 fully saturated rings. The van der Waals surface area contributed by atoms with E-state index in [1.165, 1.54) is 0 Å². The van der Waals surface area contributed by atoms with Gasteiger partial charge in [0, 0.05) is 0 Å². The van der Waals surface area contributed by atoms with Crippen LogP contribution in [0.25, 0.3) is 0 Å². The Labute approximate surface area is 43.8 Å². The third kappa shape index (κ3) is 0.870. The predicted molar refractivity (Wildman–Crippen MR) is 26.8 cm³/mol. The SMILES string of the molecule is C1=[CH][PbH2][CH]=C1. The minimum atomic E-state index is -0.392. The zero-order chi connectivity index (χ0) is 3.54. The van der Waals surface area contributed by atoms with Crippen molar-refractivity contribution in [3.8, 4) is 0 Å². The van der Waals surface area contributed by atoms with E-state index in [1.54, 1.807) is 0 Å². The summed E-state index contributed by atoms with van der Waals surface area (Å²) in [6, 6.07) is 0. The Bertz CT molecular complexity index is 61.7. The molecule has 0 saturated heterocycles. The molecule has 1 heterocycles. The quantitative estimate of drug-likeness (QED) is 0.546. The van der Waals surface area contributed by atoms with E-state index in [2.05, 4.69) is 19.4 Å². The molecule has 0 atom stereocenters. The molecule has 0 radical (unpaired) electrons. The van der Waals surface area contributed by atoms with Crippen molar-refractivity contribution < 1.29 is 0 Å². The molecule has 0 nitrogen and oxygen atoms in total. The second-order valence-electron chi connectivity index (χ2n) is 1.09. The van der Waals surface area contributed by atoms with Crippen LogP contribution in [0.5, 0.6) is 0 Å². The van der Waals surface area contributed by atoms with Crippen molar-refractivity contribution in [2.24, 2.45) is 0 Å². The van der Waals surface area contributed by atoms with Gasteiger partial charge < -0.3 is 0 Å². The van der Waals surface area contributed by atoms with Crippen molar-refractivity contribution in [2.75, 3.05) is 0 Å².